The van der Waals surface area contributed by atoms with E-state index in [1.165, 1.54) is 16.4 Å². The van der Waals surface area contributed by atoms with Crippen molar-refractivity contribution in [2.45, 2.75) is 11.3 Å². The number of aromatic nitrogens is 3. The molecule has 3 N–H and O–H groups in total. The molecular weight excluding hydrogens is 476 g/mol. The molecule has 0 amide bonds. The second-order valence-electron chi connectivity index (χ2n) is 6.82. The van der Waals surface area contributed by atoms with Gasteiger partial charge in [0.15, 0.2) is 5.82 Å². The molecule has 1 atom stereocenters. The van der Waals surface area contributed by atoms with Crippen LogP contribution in [0.5, 0.6) is 5.75 Å². The van der Waals surface area contributed by atoms with Crippen LogP contribution in [0.15, 0.2) is 88.5 Å². The maximum atomic E-state index is 10.3. The van der Waals surface area contributed by atoms with E-state index < -0.39 is 6.10 Å². The van der Waals surface area contributed by atoms with Crippen molar-refractivity contribution < 1.29 is 9.84 Å². The van der Waals surface area contributed by atoms with Crippen molar-refractivity contribution in [3.8, 4) is 28.3 Å². The summed E-state index contributed by atoms with van der Waals surface area (Å²) in [6.45, 7) is 0.174. The van der Waals surface area contributed by atoms with Crippen molar-refractivity contribution in [2.24, 2.45) is 0 Å². The highest BCUT2D eigenvalue weighted by atomic mass is 79.9. The van der Waals surface area contributed by atoms with E-state index in [2.05, 4.69) is 38.3 Å². The molecule has 0 radical (unpaired) electrons. The molecule has 0 fully saturated rings. The molecule has 31 heavy (non-hydrogen) atoms. The number of thioether (sulfide) groups is 1. The smallest absolute Gasteiger partial charge is 0.210 e. The van der Waals surface area contributed by atoms with Crippen LogP contribution in [0, 0.1) is 0 Å². The summed E-state index contributed by atoms with van der Waals surface area (Å²) in [6, 6.07) is 25.6. The number of aliphatic hydroxyl groups is 1. The molecule has 0 bridgehead atoms. The molecule has 3 aromatic carbocycles. The van der Waals surface area contributed by atoms with E-state index in [1.54, 1.807) is 0 Å². The first-order valence-electron chi connectivity index (χ1n) is 9.66. The van der Waals surface area contributed by atoms with Crippen LogP contribution in [-0.4, -0.2) is 38.4 Å². The Labute approximate surface area is 193 Å². The first kappa shape index (κ1) is 21.4. The van der Waals surface area contributed by atoms with Gasteiger partial charge in [-0.1, -0.05) is 82.3 Å². The van der Waals surface area contributed by atoms with Crippen molar-refractivity contribution in [1.29, 1.82) is 0 Å². The van der Waals surface area contributed by atoms with Crippen LogP contribution in [0.1, 0.15) is 0 Å². The lowest BCUT2D eigenvalue weighted by Gasteiger charge is -2.12. The van der Waals surface area contributed by atoms with Crippen LogP contribution in [0.2, 0.25) is 0 Å². The Morgan fingerprint density at radius 2 is 1.61 bits per heavy atom. The summed E-state index contributed by atoms with van der Waals surface area (Å²) in [5, 5.41) is 19.2. The molecule has 0 aliphatic rings. The molecule has 1 unspecified atom stereocenters. The normalized spacial score (nSPS) is 11.9. The molecule has 8 heteroatoms. The Bertz CT molecular complexity index is 1140. The standard InChI is InChI=1S/C23H21BrN4O2S/c24-21-9-5-4-8-20(21)22-26-27-23(28(22)25)31-15-18(29)14-30-19-12-10-17(11-13-19)16-6-2-1-3-7-16/h1-13,18,29H,14-15,25H2. The van der Waals surface area contributed by atoms with E-state index in [4.69, 9.17) is 10.6 Å². The number of nitrogens with two attached hydrogens (primary N) is 1. The third-order valence-corrected chi connectivity index (χ3v) is 6.37. The fourth-order valence-electron chi connectivity index (χ4n) is 2.99. The van der Waals surface area contributed by atoms with Gasteiger partial charge in [-0.25, -0.2) is 4.68 Å². The van der Waals surface area contributed by atoms with E-state index in [1.807, 2.05) is 66.7 Å². The average molecular weight is 497 g/mol. The van der Waals surface area contributed by atoms with Gasteiger partial charge in [-0.15, -0.1) is 10.2 Å². The van der Waals surface area contributed by atoms with Gasteiger partial charge in [-0.3, -0.25) is 0 Å². The predicted molar refractivity (Wildman–Crippen MR) is 127 cm³/mol. The maximum absolute atomic E-state index is 10.3. The summed E-state index contributed by atoms with van der Waals surface area (Å²) in [6.07, 6.45) is -0.678. The monoisotopic (exact) mass is 496 g/mol. The summed E-state index contributed by atoms with van der Waals surface area (Å²) >= 11 is 4.83. The molecule has 0 aliphatic heterocycles. The Hall–Kier alpha value is -2.81. The fourth-order valence-corrected chi connectivity index (χ4v) is 4.21. The molecule has 6 nitrogen and oxygen atoms in total. The zero-order valence-corrected chi connectivity index (χ0v) is 19.0. The van der Waals surface area contributed by atoms with Crippen LogP contribution in [-0.2, 0) is 0 Å². The molecule has 0 aliphatic carbocycles. The molecular formula is C23H21BrN4O2S. The van der Waals surface area contributed by atoms with E-state index >= 15 is 0 Å². The molecule has 0 saturated carbocycles. The van der Waals surface area contributed by atoms with Gasteiger partial charge >= 0.3 is 0 Å². The van der Waals surface area contributed by atoms with E-state index in [0.717, 1.165) is 21.2 Å². The number of halogens is 1. The SMILES string of the molecule is Nn1c(SCC(O)COc2ccc(-c3ccccc3)cc2)nnc1-c1ccccc1Br. The van der Waals surface area contributed by atoms with Crippen molar-refractivity contribution in [3.63, 3.8) is 0 Å². The number of nitrogens with zero attached hydrogens (tertiary/aromatic N) is 3. The van der Waals surface area contributed by atoms with Gasteiger partial charge in [0.25, 0.3) is 0 Å². The van der Waals surface area contributed by atoms with Gasteiger partial charge in [0.05, 0.1) is 6.10 Å². The molecule has 1 aromatic heterocycles. The van der Waals surface area contributed by atoms with Crippen LogP contribution in [0.25, 0.3) is 22.5 Å². The third kappa shape index (κ3) is 5.28. The Morgan fingerprint density at radius 3 is 2.35 bits per heavy atom. The largest absolute Gasteiger partial charge is 0.491 e. The van der Waals surface area contributed by atoms with Gasteiger partial charge in [-0.2, -0.15) is 0 Å². The summed E-state index contributed by atoms with van der Waals surface area (Å²) in [7, 11) is 0. The highest BCUT2D eigenvalue weighted by Gasteiger charge is 2.16. The number of ether oxygens (including phenoxy) is 1. The number of aliphatic hydroxyl groups excluding tert-OH is 1. The summed E-state index contributed by atoms with van der Waals surface area (Å²) < 4.78 is 8.04. The number of benzene rings is 3. The molecule has 0 saturated heterocycles. The van der Waals surface area contributed by atoms with Crippen molar-refractivity contribution >= 4 is 27.7 Å². The molecule has 0 spiro atoms. The highest BCUT2D eigenvalue weighted by molar-refractivity contribution is 9.10. The van der Waals surface area contributed by atoms with Gasteiger partial charge < -0.3 is 15.7 Å². The second kappa shape index (κ2) is 10.00. The van der Waals surface area contributed by atoms with Crippen LogP contribution >= 0.6 is 27.7 Å². The minimum Gasteiger partial charge on any atom is -0.491 e. The second-order valence-corrected chi connectivity index (χ2v) is 8.66. The highest BCUT2D eigenvalue weighted by Crippen LogP contribution is 2.28. The van der Waals surface area contributed by atoms with Crippen LogP contribution in [0.3, 0.4) is 0 Å². The molecule has 1 heterocycles. The summed E-state index contributed by atoms with van der Waals surface area (Å²) in [4.78, 5) is 0. The van der Waals surface area contributed by atoms with Gasteiger partial charge in [-0.05, 0) is 35.4 Å². The molecule has 158 valence electrons. The number of hydrogen-bond acceptors (Lipinski definition) is 6. The van der Waals surface area contributed by atoms with Gasteiger partial charge in [0.1, 0.15) is 12.4 Å². The van der Waals surface area contributed by atoms with E-state index in [9.17, 15) is 5.11 Å². The Morgan fingerprint density at radius 1 is 0.935 bits per heavy atom. The maximum Gasteiger partial charge on any atom is 0.210 e. The lowest BCUT2D eigenvalue weighted by atomic mass is 10.1. The topological polar surface area (TPSA) is 86.2 Å². The Kier molecular flexibility index (Phi) is 6.91. The van der Waals surface area contributed by atoms with Crippen LogP contribution in [0.4, 0.5) is 0 Å². The quantitative estimate of drug-likeness (QED) is 0.273. The minimum atomic E-state index is -0.678. The number of hydrogen-bond donors (Lipinski definition) is 2. The lowest BCUT2D eigenvalue weighted by Crippen LogP contribution is -2.21. The summed E-state index contributed by atoms with van der Waals surface area (Å²) in [5.74, 6) is 7.80. The average Bonchev–Trinajstić information content (AvgIpc) is 3.17. The summed E-state index contributed by atoms with van der Waals surface area (Å²) in [5.41, 5.74) is 3.12. The van der Waals surface area contributed by atoms with Crippen LogP contribution < -0.4 is 10.6 Å². The van der Waals surface area contributed by atoms with Gasteiger partial charge in [0.2, 0.25) is 5.16 Å². The fraction of sp³-hybridized carbons (Fsp3) is 0.130. The van der Waals surface area contributed by atoms with E-state index in [0.29, 0.717) is 22.5 Å². The number of nitrogen functional groups attached to an aromatic ring is 1. The zero-order chi connectivity index (χ0) is 21.6. The van der Waals surface area contributed by atoms with Crippen molar-refractivity contribution in [1.82, 2.24) is 14.9 Å². The molecule has 4 aromatic rings. The third-order valence-electron chi connectivity index (χ3n) is 4.59. The lowest BCUT2D eigenvalue weighted by molar-refractivity contribution is 0.126. The number of rotatable bonds is 8. The zero-order valence-electron chi connectivity index (χ0n) is 16.6. The van der Waals surface area contributed by atoms with Gasteiger partial charge in [0, 0.05) is 15.8 Å². The predicted octanol–water partition coefficient (Wildman–Crippen LogP) is 4.62. The first-order chi connectivity index (χ1) is 15.1. The molecule has 4 rings (SSSR count). The minimum absolute atomic E-state index is 0.174. The Balaban J connectivity index is 1.30. The van der Waals surface area contributed by atoms with E-state index in [-0.39, 0.29) is 6.61 Å². The van der Waals surface area contributed by atoms with Crippen molar-refractivity contribution in [3.05, 3.63) is 83.3 Å². The first-order valence-corrected chi connectivity index (χ1v) is 11.4. The van der Waals surface area contributed by atoms with Crippen molar-refractivity contribution in [2.75, 3.05) is 18.2 Å².